The number of amides is 2. The summed E-state index contributed by atoms with van der Waals surface area (Å²) in [7, 11) is 0. The molecule has 0 spiro atoms. The first-order chi connectivity index (χ1) is 15.8. The second kappa shape index (κ2) is 11.0. The Morgan fingerprint density at radius 2 is 1.65 bits per heavy atom. The van der Waals surface area contributed by atoms with Crippen molar-refractivity contribution in [3.05, 3.63) is 34.3 Å². The summed E-state index contributed by atoms with van der Waals surface area (Å²) >= 11 is 3.67. The van der Waals surface area contributed by atoms with Gasteiger partial charge < -0.3 is 14.5 Å². The fourth-order valence-corrected chi connectivity index (χ4v) is 5.31. The largest absolute Gasteiger partial charge is 0.444 e. The lowest BCUT2D eigenvalue weighted by atomic mass is 9.83. The van der Waals surface area contributed by atoms with Crippen LogP contribution >= 0.6 is 15.9 Å². The van der Waals surface area contributed by atoms with E-state index in [0.29, 0.717) is 25.4 Å². The number of nitrogens with zero attached hydrogens (tertiary/aromatic N) is 3. The van der Waals surface area contributed by atoms with Crippen molar-refractivity contribution in [2.45, 2.75) is 79.0 Å². The SMILES string of the molecule is CC(C)(C)OC(=O)N1CCC(CC(=O)N2CCN(Cc3ccccc3Br)C[C@@H]2C(C)(C)C)CC1. The average molecular weight is 537 g/mol. The summed E-state index contributed by atoms with van der Waals surface area (Å²) in [5, 5.41) is 0. The molecule has 2 heterocycles. The quantitative estimate of drug-likeness (QED) is 0.507. The first-order valence-electron chi connectivity index (χ1n) is 12.6. The molecule has 190 valence electrons. The van der Waals surface area contributed by atoms with Gasteiger partial charge in [0.05, 0.1) is 0 Å². The van der Waals surface area contributed by atoms with E-state index >= 15 is 0 Å². The summed E-state index contributed by atoms with van der Waals surface area (Å²) in [5.74, 6) is 0.585. The minimum atomic E-state index is -0.482. The summed E-state index contributed by atoms with van der Waals surface area (Å²) in [5.41, 5.74) is 0.805. The van der Waals surface area contributed by atoms with Crippen LogP contribution in [-0.2, 0) is 16.1 Å². The van der Waals surface area contributed by atoms with Gasteiger partial charge in [0.2, 0.25) is 5.91 Å². The van der Waals surface area contributed by atoms with E-state index in [1.165, 1.54) is 5.56 Å². The van der Waals surface area contributed by atoms with E-state index in [1.807, 2.05) is 26.8 Å². The van der Waals surface area contributed by atoms with E-state index in [0.717, 1.165) is 43.5 Å². The van der Waals surface area contributed by atoms with Crippen molar-refractivity contribution in [2.24, 2.45) is 11.3 Å². The topological polar surface area (TPSA) is 53.1 Å². The van der Waals surface area contributed by atoms with E-state index in [1.54, 1.807) is 4.90 Å². The van der Waals surface area contributed by atoms with Gasteiger partial charge in [0.15, 0.2) is 0 Å². The van der Waals surface area contributed by atoms with Crippen LogP contribution in [0.2, 0.25) is 0 Å². The molecule has 7 heteroatoms. The van der Waals surface area contributed by atoms with Crippen molar-refractivity contribution in [3.8, 4) is 0 Å². The molecule has 0 N–H and O–H groups in total. The average Bonchev–Trinajstić information content (AvgIpc) is 2.74. The molecule has 0 radical (unpaired) electrons. The number of halogens is 1. The lowest BCUT2D eigenvalue weighted by Gasteiger charge is -2.48. The van der Waals surface area contributed by atoms with Gasteiger partial charge in [-0.1, -0.05) is 54.9 Å². The molecule has 2 aliphatic rings. The predicted molar refractivity (Wildman–Crippen MR) is 140 cm³/mol. The van der Waals surface area contributed by atoms with Crippen molar-refractivity contribution < 1.29 is 14.3 Å². The highest BCUT2D eigenvalue weighted by Gasteiger charge is 2.39. The number of piperidine rings is 1. The van der Waals surface area contributed by atoms with E-state index < -0.39 is 5.60 Å². The van der Waals surface area contributed by atoms with E-state index in [2.05, 4.69) is 64.7 Å². The predicted octanol–water partition coefficient (Wildman–Crippen LogP) is 5.55. The van der Waals surface area contributed by atoms with Crippen LogP contribution in [0.5, 0.6) is 0 Å². The van der Waals surface area contributed by atoms with Gasteiger partial charge in [-0.05, 0) is 56.6 Å². The first kappa shape index (κ1) is 27.0. The standard InChI is InChI=1S/C27H42BrN3O3/c1-26(2,3)23-19-29(18-21-9-7-8-10-22(21)28)15-16-31(23)24(32)17-20-11-13-30(14-12-20)25(33)34-27(4,5)6/h7-10,20,23H,11-19H2,1-6H3/t23-/m1/s1. The molecule has 1 aromatic carbocycles. The van der Waals surface area contributed by atoms with E-state index in [4.69, 9.17) is 4.74 Å². The number of carbonyl (C=O) groups is 2. The zero-order valence-electron chi connectivity index (χ0n) is 21.8. The summed E-state index contributed by atoms with van der Waals surface area (Å²) in [6, 6.07) is 8.55. The second-order valence-corrected chi connectivity index (χ2v) is 12.8. The number of piperazine rings is 1. The molecule has 0 aromatic heterocycles. The Morgan fingerprint density at radius 3 is 2.24 bits per heavy atom. The summed E-state index contributed by atoms with van der Waals surface area (Å²) in [6.07, 6.45) is 2.03. The van der Waals surface area contributed by atoms with Gasteiger partial charge in [-0.15, -0.1) is 0 Å². The Hall–Kier alpha value is -1.60. The number of carbonyl (C=O) groups excluding carboxylic acids is 2. The third-order valence-electron chi connectivity index (χ3n) is 6.87. The minimum absolute atomic E-state index is 0.00231. The second-order valence-electron chi connectivity index (χ2n) is 11.9. The Bertz CT molecular complexity index is 853. The van der Waals surface area contributed by atoms with Crippen molar-refractivity contribution >= 4 is 27.9 Å². The fourth-order valence-electron chi connectivity index (χ4n) is 4.90. The highest BCUT2D eigenvalue weighted by molar-refractivity contribution is 9.10. The highest BCUT2D eigenvalue weighted by atomic mass is 79.9. The van der Waals surface area contributed by atoms with Crippen LogP contribution in [0.15, 0.2) is 28.7 Å². The third-order valence-corrected chi connectivity index (χ3v) is 7.64. The van der Waals surface area contributed by atoms with Crippen LogP contribution in [0.25, 0.3) is 0 Å². The van der Waals surface area contributed by atoms with Gasteiger partial charge >= 0.3 is 6.09 Å². The van der Waals surface area contributed by atoms with Gasteiger partial charge in [-0.3, -0.25) is 9.69 Å². The molecule has 0 aliphatic carbocycles. The van der Waals surface area contributed by atoms with Gasteiger partial charge in [-0.25, -0.2) is 4.79 Å². The van der Waals surface area contributed by atoms with Crippen molar-refractivity contribution in [3.63, 3.8) is 0 Å². The molecule has 0 unspecified atom stereocenters. The smallest absolute Gasteiger partial charge is 0.410 e. The molecule has 1 aromatic rings. The maximum absolute atomic E-state index is 13.4. The third kappa shape index (κ3) is 7.45. The number of hydrogen-bond acceptors (Lipinski definition) is 4. The molecule has 6 nitrogen and oxygen atoms in total. The summed E-state index contributed by atoms with van der Waals surface area (Å²) in [4.78, 5) is 32.2. The zero-order chi connectivity index (χ0) is 25.1. The van der Waals surface area contributed by atoms with Gasteiger partial charge in [0.1, 0.15) is 5.60 Å². The molecule has 0 saturated carbocycles. The first-order valence-corrected chi connectivity index (χ1v) is 13.4. The molecular formula is C27H42BrN3O3. The van der Waals surface area contributed by atoms with Gasteiger partial charge in [0, 0.05) is 56.2 Å². The van der Waals surface area contributed by atoms with Gasteiger partial charge in [-0.2, -0.15) is 0 Å². The summed E-state index contributed by atoms with van der Waals surface area (Å²) < 4.78 is 6.64. The van der Waals surface area contributed by atoms with Gasteiger partial charge in [0.25, 0.3) is 0 Å². The molecule has 2 saturated heterocycles. The fraction of sp³-hybridized carbons (Fsp3) is 0.704. The highest BCUT2D eigenvalue weighted by Crippen LogP contribution is 2.31. The zero-order valence-corrected chi connectivity index (χ0v) is 23.4. The maximum atomic E-state index is 13.4. The lowest BCUT2D eigenvalue weighted by molar-refractivity contribution is -0.141. The van der Waals surface area contributed by atoms with E-state index in [9.17, 15) is 9.59 Å². The van der Waals surface area contributed by atoms with Crippen LogP contribution in [0, 0.1) is 11.3 Å². The normalized spacial score (nSPS) is 21.0. The van der Waals surface area contributed by atoms with Crippen molar-refractivity contribution in [2.75, 3.05) is 32.7 Å². The molecule has 34 heavy (non-hydrogen) atoms. The van der Waals surface area contributed by atoms with Crippen LogP contribution in [0.1, 0.15) is 66.4 Å². The number of ether oxygens (including phenoxy) is 1. The number of benzene rings is 1. The molecular weight excluding hydrogens is 494 g/mol. The van der Waals surface area contributed by atoms with E-state index in [-0.39, 0.29) is 23.5 Å². The molecule has 1 atom stereocenters. The number of likely N-dealkylation sites (tertiary alicyclic amines) is 1. The molecule has 2 fully saturated rings. The molecule has 0 bridgehead atoms. The maximum Gasteiger partial charge on any atom is 0.410 e. The van der Waals surface area contributed by atoms with Crippen molar-refractivity contribution in [1.29, 1.82) is 0 Å². The molecule has 2 amide bonds. The van der Waals surface area contributed by atoms with Crippen molar-refractivity contribution in [1.82, 2.24) is 14.7 Å². The number of rotatable bonds is 4. The van der Waals surface area contributed by atoms with Crippen LogP contribution < -0.4 is 0 Å². The Kier molecular flexibility index (Phi) is 8.72. The van der Waals surface area contributed by atoms with Crippen LogP contribution in [0.4, 0.5) is 4.79 Å². The Morgan fingerprint density at radius 1 is 1.00 bits per heavy atom. The summed E-state index contributed by atoms with van der Waals surface area (Å²) in [6.45, 7) is 17.1. The Balaban J connectivity index is 1.56. The minimum Gasteiger partial charge on any atom is -0.444 e. The number of hydrogen-bond donors (Lipinski definition) is 0. The molecule has 3 rings (SSSR count). The van der Waals surface area contributed by atoms with Crippen LogP contribution in [-0.4, -0.2) is 71.1 Å². The lowest BCUT2D eigenvalue weighted by Crippen LogP contribution is -2.59. The van der Waals surface area contributed by atoms with Crippen LogP contribution in [0.3, 0.4) is 0 Å². The monoisotopic (exact) mass is 535 g/mol. The molecule has 2 aliphatic heterocycles. The Labute approximate surface area is 214 Å².